The van der Waals surface area contributed by atoms with Crippen LogP contribution in [0, 0.1) is 0 Å². The average molecular weight is 240 g/mol. The van der Waals surface area contributed by atoms with Crippen LogP contribution >= 0.6 is 0 Å². The number of benzene rings is 2. The second kappa shape index (κ2) is 6.36. The van der Waals surface area contributed by atoms with Crippen LogP contribution in [0.2, 0.25) is 0 Å². The van der Waals surface area contributed by atoms with E-state index >= 15 is 0 Å². The molecule has 0 bridgehead atoms. The molecular formula is C17H20O. The molecule has 2 aromatic rings. The van der Waals surface area contributed by atoms with Gasteiger partial charge in [0.05, 0.1) is 6.10 Å². The Labute approximate surface area is 109 Å². The molecule has 0 fully saturated rings. The van der Waals surface area contributed by atoms with Gasteiger partial charge in [0.15, 0.2) is 0 Å². The molecule has 2 aromatic carbocycles. The fraction of sp³-hybridized carbons (Fsp3) is 0.294. The van der Waals surface area contributed by atoms with Gasteiger partial charge in [-0.2, -0.15) is 0 Å². The first-order valence-electron chi connectivity index (χ1n) is 6.59. The zero-order chi connectivity index (χ0) is 12.8. The van der Waals surface area contributed by atoms with Gasteiger partial charge in [0, 0.05) is 0 Å². The van der Waals surface area contributed by atoms with Crippen LogP contribution in [0.4, 0.5) is 0 Å². The maximum absolute atomic E-state index is 9.32. The number of rotatable bonds is 5. The summed E-state index contributed by atoms with van der Waals surface area (Å²) in [6.07, 6.45) is 2.72. The molecule has 1 heteroatoms. The topological polar surface area (TPSA) is 20.2 Å². The third-order valence-electron chi connectivity index (χ3n) is 3.17. The van der Waals surface area contributed by atoms with Gasteiger partial charge in [0.2, 0.25) is 0 Å². The molecule has 1 N–H and O–H groups in total. The van der Waals surface area contributed by atoms with Gasteiger partial charge in [-0.3, -0.25) is 0 Å². The highest BCUT2D eigenvalue weighted by atomic mass is 16.3. The molecule has 0 aliphatic rings. The molecule has 0 saturated carbocycles. The fourth-order valence-corrected chi connectivity index (χ4v) is 2.23. The lowest BCUT2D eigenvalue weighted by atomic mass is 9.96. The summed E-state index contributed by atoms with van der Waals surface area (Å²) >= 11 is 0. The van der Waals surface area contributed by atoms with Crippen molar-refractivity contribution in [2.24, 2.45) is 0 Å². The van der Waals surface area contributed by atoms with Gasteiger partial charge in [0.25, 0.3) is 0 Å². The summed E-state index contributed by atoms with van der Waals surface area (Å²) in [5.74, 6) is 0. The van der Waals surface area contributed by atoms with Crippen molar-refractivity contribution >= 4 is 0 Å². The van der Waals surface area contributed by atoms with E-state index in [2.05, 4.69) is 48.5 Å². The Bertz CT molecular complexity index is 474. The minimum absolute atomic E-state index is 0.200. The van der Waals surface area contributed by atoms with Gasteiger partial charge in [0.1, 0.15) is 0 Å². The Kier molecular flexibility index (Phi) is 4.54. The number of aliphatic hydroxyl groups is 1. The van der Waals surface area contributed by atoms with Crippen molar-refractivity contribution in [1.82, 2.24) is 0 Å². The molecule has 2 rings (SSSR count). The second-order valence-corrected chi connectivity index (χ2v) is 4.76. The molecule has 94 valence electrons. The maximum atomic E-state index is 9.32. The molecule has 1 unspecified atom stereocenters. The molecule has 0 radical (unpaired) electrons. The smallest absolute Gasteiger partial charge is 0.0512 e. The van der Waals surface area contributed by atoms with E-state index in [1.165, 1.54) is 16.7 Å². The molecule has 1 atom stereocenters. The summed E-state index contributed by atoms with van der Waals surface area (Å²) in [6.45, 7) is 1.85. The van der Waals surface area contributed by atoms with Crippen LogP contribution < -0.4 is 0 Å². The molecule has 0 aliphatic carbocycles. The lowest BCUT2D eigenvalue weighted by molar-refractivity contribution is 0.182. The Morgan fingerprint density at radius 3 is 2.33 bits per heavy atom. The van der Waals surface area contributed by atoms with Gasteiger partial charge in [-0.1, -0.05) is 54.6 Å². The third-order valence-corrected chi connectivity index (χ3v) is 3.17. The highest BCUT2D eigenvalue weighted by molar-refractivity contribution is 5.67. The van der Waals surface area contributed by atoms with Crippen molar-refractivity contribution in [1.29, 1.82) is 0 Å². The predicted octanol–water partition coefficient (Wildman–Crippen LogP) is 4.06. The molecule has 0 amide bonds. The van der Waals surface area contributed by atoms with E-state index in [4.69, 9.17) is 0 Å². The van der Waals surface area contributed by atoms with Crippen LogP contribution in [0.3, 0.4) is 0 Å². The minimum Gasteiger partial charge on any atom is -0.393 e. The average Bonchev–Trinajstić information content (AvgIpc) is 2.40. The van der Waals surface area contributed by atoms with E-state index in [0.29, 0.717) is 0 Å². The SMILES string of the molecule is CC(O)CCCc1ccccc1-c1ccccc1. The van der Waals surface area contributed by atoms with Crippen molar-refractivity contribution in [3.63, 3.8) is 0 Å². The number of aryl methyl sites for hydroxylation is 1. The number of hydrogen-bond donors (Lipinski definition) is 1. The fourth-order valence-electron chi connectivity index (χ4n) is 2.23. The molecule has 18 heavy (non-hydrogen) atoms. The van der Waals surface area contributed by atoms with Gasteiger partial charge in [-0.25, -0.2) is 0 Å². The van der Waals surface area contributed by atoms with Gasteiger partial charge in [-0.05, 0) is 42.9 Å². The van der Waals surface area contributed by atoms with Gasteiger partial charge >= 0.3 is 0 Å². The molecule has 0 heterocycles. The zero-order valence-corrected chi connectivity index (χ0v) is 10.8. The number of aliphatic hydroxyl groups excluding tert-OH is 1. The Morgan fingerprint density at radius 1 is 0.944 bits per heavy atom. The summed E-state index contributed by atoms with van der Waals surface area (Å²) in [5.41, 5.74) is 3.94. The zero-order valence-electron chi connectivity index (χ0n) is 10.8. The largest absolute Gasteiger partial charge is 0.393 e. The van der Waals surface area contributed by atoms with Crippen molar-refractivity contribution in [2.75, 3.05) is 0 Å². The summed E-state index contributed by atoms with van der Waals surface area (Å²) in [6, 6.07) is 19.0. The summed E-state index contributed by atoms with van der Waals surface area (Å²) in [7, 11) is 0. The van der Waals surface area contributed by atoms with Crippen LogP contribution in [0.5, 0.6) is 0 Å². The van der Waals surface area contributed by atoms with E-state index in [0.717, 1.165) is 19.3 Å². The van der Waals surface area contributed by atoms with Crippen LogP contribution in [-0.4, -0.2) is 11.2 Å². The van der Waals surface area contributed by atoms with Crippen LogP contribution in [0.1, 0.15) is 25.3 Å². The molecule has 0 spiro atoms. The minimum atomic E-state index is -0.200. The predicted molar refractivity (Wildman–Crippen MR) is 76.5 cm³/mol. The standard InChI is InChI=1S/C17H20O/c1-14(18)8-7-12-16-11-5-6-13-17(16)15-9-3-2-4-10-15/h2-6,9-11,13-14,18H,7-8,12H2,1H3. The summed E-state index contributed by atoms with van der Waals surface area (Å²) in [5, 5.41) is 9.32. The van der Waals surface area contributed by atoms with Crippen molar-refractivity contribution < 1.29 is 5.11 Å². The van der Waals surface area contributed by atoms with E-state index in [9.17, 15) is 5.11 Å². The Hall–Kier alpha value is -1.60. The molecule has 0 saturated heterocycles. The monoisotopic (exact) mass is 240 g/mol. The first kappa shape index (κ1) is 12.8. The first-order chi connectivity index (χ1) is 8.77. The lowest BCUT2D eigenvalue weighted by Crippen LogP contribution is -2.00. The maximum Gasteiger partial charge on any atom is 0.0512 e. The Morgan fingerprint density at radius 2 is 1.61 bits per heavy atom. The highest BCUT2D eigenvalue weighted by Crippen LogP contribution is 2.24. The quantitative estimate of drug-likeness (QED) is 0.835. The van der Waals surface area contributed by atoms with E-state index in [1.807, 2.05) is 13.0 Å². The van der Waals surface area contributed by atoms with Crippen molar-refractivity contribution in [3.8, 4) is 11.1 Å². The highest BCUT2D eigenvalue weighted by Gasteiger charge is 2.04. The van der Waals surface area contributed by atoms with E-state index in [-0.39, 0.29) is 6.10 Å². The molecule has 0 aliphatic heterocycles. The van der Waals surface area contributed by atoms with Crippen LogP contribution in [0.15, 0.2) is 54.6 Å². The van der Waals surface area contributed by atoms with Crippen LogP contribution in [-0.2, 0) is 6.42 Å². The molecule has 1 nitrogen and oxygen atoms in total. The van der Waals surface area contributed by atoms with Gasteiger partial charge < -0.3 is 5.11 Å². The van der Waals surface area contributed by atoms with Gasteiger partial charge in [-0.15, -0.1) is 0 Å². The lowest BCUT2D eigenvalue weighted by Gasteiger charge is -2.10. The summed E-state index contributed by atoms with van der Waals surface area (Å²) in [4.78, 5) is 0. The first-order valence-corrected chi connectivity index (χ1v) is 6.59. The third kappa shape index (κ3) is 3.44. The second-order valence-electron chi connectivity index (χ2n) is 4.76. The van der Waals surface area contributed by atoms with Crippen molar-refractivity contribution in [2.45, 2.75) is 32.3 Å². The number of hydrogen-bond acceptors (Lipinski definition) is 1. The molecule has 0 aromatic heterocycles. The van der Waals surface area contributed by atoms with E-state index < -0.39 is 0 Å². The van der Waals surface area contributed by atoms with E-state index in [1.54, 1.807) is 0 Å². The summed E-state index contributed by atoms with van der Waals surface area (Å²) < 4.78 is 0. The van der Waals surface area contributed by atoms with Crippen LogP contribution in [0.25, 0.3) is 11.1 Å². The molecular weight excluding hydrogens is 220 g/mol. The Balaban J connectivity index is 2.16. The normalized spacial score (nSPS) is 12.3. The van der Waals surface area contributed by atoms with Crippen molar-refractivity contribution in [3.05, 3.63) is 60.2 Å².